The lowest BCUT2D eigenvalue weighted by molar-refractivity contribution is -0.124. The number of hydrogen-bond acceptors (Lipinski definition) is 7. The summed E-state index contributed by atoms with van der Waals surface area (Å²) in [6.45, 7) is 1.40. The Morgan fingerprint density at radius 2 is 1.80 bits per heavy atom. The predicted molar refractivity (Wildman–Crippen MR) is 114 cm³/mol. The number of hydrogen-bond donors (Lipinski definition) is 2. The van der Waals surface area contributed by atoms with Crippen LogP contribution in [-0.4, -0.2) is 48.8 Å². The molecule has 0 aliphatic carbocycles. The number of anilines is 1. The standard InChI is InChI=1S/C22H22N4O4/c1-12(27)19-20(28)18(21-24-16-7-5-6-8-17(16)25-21)22(23-2)26(19)13-9-14(29-3)11-15(10-13)30-4/h5-11,19,23H,1-4H3,(H,24,25). The van der Waals surface area contributed by atoms with Crippen LogP contribution in [0.15, 0.2) is 48.3 Å². The maximum absolute atomic E-state index is 13.4. The summed E-state index contributed by atoms with van der Waals surface area (Å²) >= 11 is 0. The lowest BCUT2D eigenvalue weighted by Gasteiger charge is -2.27. The molecule has 1 aromatic heterocycles. The summed E-state index contributed by atoms with van der Waals surface area (Å²) in [6, 6.07) is 11.7. The smallest absolute Gasteiger partial charge is 0.200 e. The first-order chi connectivity index (χ1) is 14.5. The van der Waals surface area contributed by atoms with E-state index < -0.39 is 6.04 Å². The number of nitrogens with zero attached hydrogens (tertiary/aromatic N) is 2. The van der Waals surface area contributed by atoms with Crippen molar-refractivity contribution < 1.29 is 19.1 Å². The zero-order chi connectivity index (χ0) is 21.4. The molecule has 154 valence electrons. The Kier molecular flexibility index (Phi) is 4.91. The van der Waals surface area contributed by atoms with Gasteiger partial charge >= 0.3 is 0 Å². The average molecular weight is 406 g/mol. The second kappa shape index (κ2) is 7.55. The SMILES string of the molecule is CNC1=C(c2nc3ccccc3[nH]2)C(=O)C(C(C)=O)N1c1cc(OC)cc(OC)c1. The average Bonchev–Trinajstić information content (AvgIpc) is 3.30. The third-order valence-corrected chi connectivity index (χ3v) is 5.09. The molecule has 4 rings (SSSR count). The highest BCUT2D eigenvalue weighted by molar-refractivity contribution is 6.34. The summed E-state index contributed by atoms with van der Waals surface area (Å²) in [5.41, 5.74) is 2.47. The highest BCUT2D eigenvalue weighted by atomic mass is 16.5. The van der Waals surface area contributed by atoms with Crippen molar-refractivity contribution >= 4 is 33.9 Å². The van der Waals surface area contributed by atoms with Crippen molar-refractivity contribution in [3.8, 4) is 11.5 Å². The topological polar surface area (TPSA) is 96.5 Å². The Morgan fingerprint density at radius 1 is 1.13 bits per heavy atom. The highest BCUT2D eigenvalue weighted by Crippen LogP contribution is 2.38. The summed E-state index contributed by atoms with van der Waals surface area (Å²) < 4.78 is 10.7. The fourth-order valence-corrected chi connectivity index (χ4v) is 3.74. The van der Waals surface area contributed by atoms with Gasteiger partial charge in [0.25, 0.3) is 0 Å². The Bertz CT molecular complexity index is 1130. The third kappa shape index (κ3) is 3.06. The summed E-state index contributed by atoms with van der Waals surface area (Å²) in [4.78, 5) is 35.4. The van der Waals surface area contributed by atoms with Gasteiger partial charge in [-0.1, -0.05) is 12.1 Å². The van der Waals surface area contributed by atoms with Crippen LogP contribution in [0, 0.1) is 0 Å². The number of nitrogens with one attached hydrogen (secondary N) is 2. The Balaban J connectivity index is 1.93. The van der Waals surface area contributed by atoms with Crippen LogP contribution in [0.3, 0.4) is 0 Å². The van der Waals surface area contributed by atoms with Gasteiger partial charge in [0.2, 0.25) is 5.78 Å². The number of methoxy groups -OCH3 is 2. The number of benzene rings is 2. The van der Waals surface area contributed by atoms with Gasteiger partial charge in [-0.05, 0) is 19.1 Å². The van der Waals surface area contributed by atoms with Gasteiger partial charge in [0.05, 0.1) is 30.9 Å². The van der Waals surface area contributed by atoms with Crippen LogP contribution in [0.25, 0.3) is 16.6 Å². The summed E-state index contributed by atoms with van der Waals surface area (Å²) in [6.07, 6.45) is 0. The van der Waals surface area contributed by atoms with Crippen LogP contribution in [0.4, 0.5) is 5.69 Å². The number of ether oxygens (including phenoxy) is 2. The molecule has 1 unspecified atom stereocenters. The summed E-state index contributed by atoms with van der Waals surface area (Å²) in [5.74, 6) is 1.38. The first-order valence-corrected chi connectivity index (χ1v) is 9.42. The first kappa shape index (κ1) is 19.5. The molecule has 1 aliphatic rings. The number of carbonyl (C=O) groups excluding carboxylic acids is 2. The summed E-state index contributed by atoms with van der Waals surface area (Å²) in [7, 11) is 4.80. The van der Waals surface area contributed by atoms with Crippen molar-refractivity contribution in [1.29, 1.82) is 0 Å². The predicted octanol–water partition coefficient (Wildman–Crippen LogP) is 2.52. The monoisotopic (exact) mass is 406 g/mol. The van der Waals surface area contributed by atoms with Crippen molar-refractivity contribution in [3.05, 3.63) is 54.1 Å². The minimum atomic E-state index is -1.02. The third-order valence-electron chi connectivity index (χ3n) is 5.09. The number of Topliss-reactive ketones (excluding diaryl/α,β-unsaturated/α-hetero) is 2. The molecule has 0 fully saturated rings. The van der Waals surface area contributed by atoms with Crippen molar-refractivity contribution in [2.75, 3.05) is 26.2 Å². The van der Waals surface area contributed by atoms with Crippen LogP contribution in [0.1, 0.15) is 12.7 Å². The van der Waals surface area contributed by atoms with E-state index in [1.165, 1.54) is 6.92 Å². The van der Waals surface area contributed by atoms with E-state index in [1.54, 1.807) is 44.4 Å². The Labute approximate surface area is 173 Å². The van der Waals surface area contributed by atoms with Crippen molar-refractivity contribution in [2.45, 2.75) is 13.0 Å². The van der Waals surface area contributed by atoms with E-state index in [0.29, 0.717) is 34.4 Å². The summed E-state index contributed by atoms with van der Waals surface area (Å²) in [5, 5.41) is 3.09. The van der Waals surface area contributed by atoms with E-state index in [-0.39, 0.29) is 11.6 Å². The van der Waals surface area contributed by atoms with E-state index in [2.05, 4.69) is 15.3 Å². The minimum absolute atomic E-state index is 0.277. The first-order valence-electron chi connectivity index (χ1n) is 9.42. The number of aromatic nitrogens is 2. The molecule has 1 aliphatic heterocycles. The normalized spacial score (nSPS) is 16.3. The van der Waals surface area contributed by atoms with Crippen LogP contribution >= 0.6 is 0 Å². The molecule has 1 atom stereocenters. The van der Waals surface area contributed by atoms with E-state index in [4.69, 9.17) is 9.47 Å². The molecule has 2 aromatic carbocycles. The Morgan fingerprint density at radius 3 is 2.37 bits per heavy atom. The Hall–Kier alpha value is -3.81. The zero-order valence-electron chi connectivity index (χ0n) is 17.1. The fourth-order valence-electron chi connectivity index (χ4n) is 3.74. The molecule has 0 saturated carbocycles. The number of para-hydroxylation sites is 2. The van der Waals surface area contributed by atoms with E-state index >= 15 is 0 Å². The van der Waals surface area contributed by atoms with Gasteiger partial charge in [0.15, 0.2) is 11.8 Å². The molecule has 30 heavy (non-hydrogen) atoms. The van der Waals surface area contributed by atoms with Crippen LogP contribution in [0.5, 0.6) is 11.5 Å². The lowest BCUT2D eigenvalue weighted by atomic mass is 10.0. The van der Waals surface area contributed by atoms with Gasteiger partial charge in [0.1, 0.15) is 28.7 Å². The molecule has 0 spiro atoms. The molecule has 0 amide bonds. The number of imidazole rings is 1. The van der Waals surface area contributed by atoms with E-state index in [9.17, 15) is 9.59 Å². The molecule has 8 nitrogen and oxygen atoms in total. The van der Waals surface area contributed by atoms with Crippen LogP contribution in [0.2, 0.25) is 0 Å². The van der Waals surface area contributed by atoms with E-state index in [0.717, 1.165) is 11.0 Å². The largest absolute Gasteiger partial charge is 0.497 e. The van der Waals surface area contributed by atoms with Gasteiger partial charge in [-0.2, -0.15) is 0 Å². The quantitative estimate of drug-likeness (QED) is 0.607. The van der Waals surface area contributed by atoms with Gasteiger partial charge in [0, 0.05) is 25.2 Å². The molecule has 0 saturated heterocycles. The lowest BCUT2D eigenvalue weighted by Crippen LogP contribution is -2.42. The minimum Gasteiger partial charge on any atom is -0.497 e. The molecular formula is C22H22N4O4. The fraction of sp³-hybridized carbons (Fsp3) is 0.227. The molecular weight excluding hydrogens is 384 g/mol. The van der Waals surface area contributed by atoms with Gasteiger partial charge in [-0.15, -0.1) is 0 Å². The second-order valence-corrected chi connectivity index (χ2v) is 6.89. The van der Waals surface area contributed by atoms with Crippen molar-refractivity contribution in [1.82, 2.24) is 15.3 Å². The maximum atomic E-state index is 13.4. The molecule has 8 heteroatoms. The van der Waals surface area contributed by atoms with Gasteiger partial charge < -0.3 is 24.7 Å². The van der Waals surface area contributed by atoms with E-state index in [1.807, 2.05) is 24.3 Å². The molecule has 2 N–H and O–H groups in total. The molecule has 0 radical (unpaired) electrons. The number of aromatic amines is 1. The number of rotatable bonds is 6. The van der Waals surface area contributed by atoms with Gasteiger partial charge in [-0.25, -0.2) is 4.98 Å². The zero-order valence-corrected chi connectivity index (χ0v) is 17.1. The highest BCUT2D eigenvalue weighted by Gasteiger charge is 2.44. The number of H-pyrrole nitrogens is 1. The van der Waals surface area contributed by atoms with Crippen LogP contribution in [-0.2, 0) is 9.59 Å². The van der Waals surface area contributed by atoms with Gasteiger partial charge in [-0.3, -0.25) is 9.59 Å². The number of fused-ring (bicyclic) bond motifs is 1. The van der Waals surface area contributed by atoms with Crippen molar-refractivity contribution in [3.63, 3.8) is 0 Å². The molecule has 0 bridgehead atoms. The molecule has 3 aromatic rings. The number of carbonyl (C=O) groups is 2. The van der Waals surface area contributed by atoms with Crippen molar-refractivity contribution in [2.24, 2.45) is 0 Å². The van der Waals surface area contributed by atoms with Crippen LogP contribution < -0.4 is 19.7 Å². The maximum Gasteiger partial charge on any atom is 0.200 e. The molecule has 2 heterocycles. The number of ketones is 2. The second-order valence-electron chi connectivity index (χ2n) is 6.89.